The third-order valence-electron chi connectivity index (χ3n) is 2.48. The van der Waals surface area contributed by atoms with Gasteiger partial charge in [-0.25, -0.2) is 4.79 Å². The second kappa shape index (κ2) is 5.40. The fraction of sp³-hybridized carbons (Fsp3) is 0.462. The van der Waals surface area contributed by atoms with E-state index in [1.165, 1.54) is 0 Å². The summed E-state index contributed by atoms with van der Waals surface area (Å²) in [6.45, 7) is 8.26. The smallest absolute Gasteiger partial charge is 0.409 e. The van der Waals surface area contributed by atoms with E-state index >= 15 is 0 Å². The Labute approximate surface area is 115 Å². The van der Waals surface area contributed by atoms with E-state index in [0.717, 1.165) is 11.1 Å². The maximum atomic E-state index is 10.8. The first kappa shape index (κ1) is 14.5. The molecule has 1 aromatic rings. The molecule has 0 radical (unpaired) electrons. The molecule has 0 spiro atoms. The van der Waals surface area contributed by atoms with Gasteiger partial charge in [-0.15, -0.1) is 0 Å². The maximum absolute atomic E-state index is 10.8. The van der Waals surface area contributed by atoms with Gasteiger partial charge in [0.25, 0.3) is 0 Å². The Kier molecular flexibility index (Phi) is 4.62. The summed E-state index contributed by atoms with van der Waals surface area (Å²) < 4.78 is 4.77. The molecule has 0 aliphatic heterocycles. The molecule has 0 aliphatic carbocycles. The zero-order chi connectivity index (χ0) is 13.2. The highest BCUT2D eigenvalue weighted by molar-refractivity contribution is 9.09. The molecule has 17 heavy (non-hydrogen) atoms. The summed E-state index contributed by atoms with van der Waals surface area (Å²) in [4.78, 5) is 10.8. The molecular weight excluding hydrogens is 303 g/mol. The second-order valence-corrected chi connectivity index (χ2v) is 7.05. The standard InChI is InChI=1S/C13H16BrClO2/c1-8(2)9-5-10(13(3,4)14)7-11(6-9)17-12(15)16/h5-8H,1-4H3. The number of hydrogen-bond acceptors (Lipinski definition) is 2. The normalized spacial score (nSPS) is 11.7. The van der Waals surface area contributed by atoms with Crippen molar-refractivity contribution in [1.29, 1.82) is 0 Å². The molecule has 0 N–H and O–H groups in total. The number of carbonyl (C=O) groups excluding carboxylic acids is 1. The van der Waals surface area contributed by atoms with Crippen LogP contribution in [0.3, 0.4) is 0 Å². The van der Waals surface area contributed by atoms with Crippen LogP contribution in [0.1, 0.15) is 44.7 Å². The van der Waals surface area contributed by atoms with Crippen LogP contribution in [-0.4, -0.2) is 5.43 Å². The summed E-state index contributed by atoms with van der Waals surface area (Å²) in [5, 5.41) is 0. The predicted molar refractivity (Wildman–Crippen MR) is 74.4 cm³/mol. The van der Waals surface area contributed by atoms with Crippen LogP contribution in [0.5, 0.6) is 5.75 Å². The van der Waals surface area contributed by atoms with Gasteiger partial charge in [-0.3, -0.25) is 0 Å². The van der Waals surface area contributed by atoms with Gasteiger partial charge in [-0.2, -0.15) is 0 Å². The largest absolute Gasteiger partial charge is 0.414 e. The van der Waals surface area contributed by atoms with Crippen molar-refractivity contribution in [3.05, 3.63) is 29.3 Å². The summed E-state index contributed by atoms with van der Waals surface area (Å²) >= 11 is 8.83. The van der Waals surface area contributed by atoms with Crippen LogP contribution in [0.2, 0.25) is 0 Å². The van der Waals surface area contributed by atoms with Gasteiger partial charge in [0.05, 0.1) is 0 Å². The fourth-order valence-corrected chi connectivity index (χ4v) is 1.77. The molecule has 94 valence electrons. The van der Waals surface area contributed by atoms with E-state index in [-0.39, 0.29) is 4.32 Å². The van der Waals surface area contributed by atoms with Gasteiger partial charge in [0.2, 0.25) is 0 Å². The minimum Gasteiger partial charge on any atom is -0.414 e. The van der Waals surface area contributed by atoms with Crippen molar-refractivity contribution in [1.82, 2.24) is 0 Å². The fourth-order valence-electron chi connectivity index (χ4n) is 1.45. The van der Waals surface area contributed by atoms with Crippen LogP contribution < -0.4 is 4.74 Å². The average molecular weight is 320 g/mol. The molecule has 1 rings (SSSR count). The highest BCUT2D eigenvalue weighted by Crippen LogP contribution is 2.34. The lowest BCUT2D eigenvalue weighted by Crippen LogP contribution is -2.09. The maximum Gasteiger partial charge on any atom is 0.409 e. The molecule has 0 fully saturated rings. The number of benzene rings is 1. The van der Waals surface area contributed by atoms with Crippen molar-refractivity contribution in [2.24, 2.45) is 0 Å². The molecule has 1 aromatic carbocycles. The molecule has 0 aromatic heterocycles. The average Bonchev–Trinajstić information content (AvgIpc) is 2.14. The Morgan fingerprint density at radius 1 is 1.35 bits per heavy atom. The Morgan fingerprint density at radius 2 is 1.94 bits per heavy atom. The lowest BCUT2D eigenvalue weighted by molar-refractivity contribution is 0.225. The molecule has 0 atom stereocenters. The summed E-state index contributed by atoms with van der Waals surface area (Å²) in [6.07, 6.45) is 0. The molecule has 0 bridgehead atoms. The van der Waals surface area contributed by atoms with Gasteiger partial charge in [0, 0.05) is 15.9 Å². The van der Waals surface area contributed by atoms with Crippen LogP contribution in [0.25, 0.3) is 0 Å². The van der Waals surface area contributed by atoms with E-state index in [9.17, 15) is 4.79 Å². The Hall–Kier alpha value is -0.540. The number of halogens is 2. The van der Waals surface area contributed by atoms with Crippen LogP contribution in [0.4, 0.5) is 4.79 Å². The molecule has 4 heteroatoms. The van der Waals surface area contributed by atoms with E-state index < -0.39 is 5.43 Å². The monoisotopic (exact) mass is 318 g/mol. The van der Waals surface area contributed by atoms with E-state index in [2.05, 4.69) is 35.8 Å². The van der Waals surface area contributed by atoms with Gasteiger partial charge >= 0.3 is 5.43 Å². The van der Waals surface area contributed by atoms with Crippen molar-refractivity contribution in [2.45, 2.75) is 37.9 Å². The van der Waals surface area contributed by atoms with E-state index in [1.54, 1.807) is 0 Å². The van der Waals surface area contributed by atoms with E-state index in [0.29, 0.717) is 11.7 Å². The van der Waals surface area contributed by atoms with Crippen LogP contribution in [0, 0.1) is 0 Å². The number of carbonyl (C=O) groups is 1. The van der Waals surface area contributed by atoms with Gasteiger partial charge in [0.15, 0.2) is 0 Å². The van der Waals surface area contributed by atoms with Gasteiger partial charge in [0.1, 0.15) is 5.75 Å². The lowest BCUT2D eigenvalue weighted by atomic mass is 9.95. The quantitative estimate of drug-likeness (QED) is 0.567. The summed E-state index contributed by atoms with van der Waals surface area (Å²) in [5.41, 5.74) is 1.35. The van der Waals surface area contributed by atoms with Crippen molar-refractivity contribution < 1.29 is 9.53 Å². The van der Waals surface area contributed by atoms with Crippen LogP contribution >= 0.6 is 27.5 Å². The minimum atomic E-state index is -0.816. The molecule has 2 nitrogen and oxygen atoms in total. The van der Waals surface area contributed by atoms with Gasteiger partial charge in [-0.1, -0.05) is 35.8 Å². The first-order chi connectivity index (χ1) is 7.70. The summed E-state index contributed by atoms with van der Waals surface area (Å²) in [7, 11) is 0. The Morgan fingerprint density at radius 3 is 2.35 bits per heavy atom. The molecule has 0 saturated heterocycles. The van der Waals surface area contributed by atoms with Gasteiger partial charge in [-0.05, 0) is 43.0 Å². The molecule has 0 unspecified atom stereocenters. The zero-order valence-electron chi connectivity index (χ0n) is 10.4. The van der Waals surface area contributed by atoms with Crippen molar-refractivity contribution in [3.63, 3.8) is 0 Å². The topological polar surface area (TPSA) is 26.3 Å². The number of hydrogen-bond donors (Lipinski definition) is 0. The van der Waals surface area contributed by atoms with E-state index in [4.69, 9.17) is 16.3 Å². The molecular formula is C13H16BrClO2. The van der Waals surface area contributed by atoms with Crippen LogP contribution in [-0.2, 0) is 4.32 Å². The van der Waals surface area contributed by atoms with Crippen molar-refractivity contribution in [2.75, 3.05) is 0 Å². The SMILES string of the molecule is CC(C)c1cc(OC(=O)Cl)cc(C(C)(C)Br)c1. The first-order valence-electron chi connectivity index (χ1n) is 5.42. The lowest BCUT2D eigenvalue weighted by Gasteiger charge is -2.20. The highest BCUT2D eigenvalue weighted by atomic mass is 79.9. The number of rotatable bonds is 3. The Bertz CT molecular complexity index is 422. The van der Waals surface area contributed by atoms with Gasteiger partial charge < -0.3 is 4.74 Å². The minimum absolute atomic E-state index is 0.175. The van der Waals surface area contributed by atoms with E-state index in [1.807, 2.05) is 26.0 Å². The first-order valence-corrected chi connectivity index (χ1v) is 6.59. The predicted octanol–water partition coefficient (Wildman–Crippen LogP) is 5.18. The molecule has 0 saturated carbocycles. The summed E-state index contributed by atoms with van der Waals surface area (Å²) in [5.74, 6) is 0.844. The Balaban J connectivity index is 3.23. The third-order valence-corrected chi connectivity index (χ3v) is 3.02. The van der Waals surface area contributed by atoms with Crippen molar-refractivity contribution in [3.8, 4) is 5.75 Å². The zero-order valence-corrected chi connectivity index (χ0v) is 12.7. The summed E-state index contributed by atoms with van der Waals surface area (Å²) in [6, 6.07) is 5.76. The highest BCUT2D eigenvalue weighted by Gasteiger charge is 2.19. The molecule has 0 aliphatic rings. The molecule has 0 amide bonds. The third kappa shape index (κ3) is 4.32. The van der Waals surface area contributed by atoms with Crippen molar-refractivity contribution >= 4 is 33.0 Å². The molecule has 0 heterocycles. The van der Waals surface area contributed by atoms with Crippen LogP contribution in [0.15, 0.2) is 18.2 Å². The number of ether oxygens (including phenoxy) is 1. The second-order valence-electron chi connectivity index (χ2n) is 4.76. The number of alkyl halides is 1.